The summed E-state index contributed by atoms with van der Waals surface area (Å²) in [6, 6.07) is 5.20. The van der Waals surface area contributed by atoms with E-state index in [1.54, 1.807) is 24.3 Å². The molecule has 0 aliphatic carbocycles. The van der Waals surface area contributed by atoms with Gasteiger partial charge in [0, 0.05) is 10.5 Å². The Hall–Kier alpha value is -3.03. The molecule has 0 saturated heterocycles. The zero-order chi connectivity index (χ0) is 16.1. The third-order valence-electron chi connectivity index (χ3n) is 2.81. The highest BCUT2D eigenvalue weighted by molar-refractivity contribution is 6.21. The summed E-state index contributed by atoms with van der Waals surface area (Å²) in [7, 11) is 0. The van der Waals surface area contributed by atoms with E-state index in [0.29, 0.717) is 12.4 Å². The van der Waals surface area contributed by atoms with E-state index in [2.05, 4.69) is 10.3 Å². The highest BCUT2D eigenvalue weighted by Gasteiger charge is 2.41. The quantitative estimate of drug-likeness (QED) is 0.491. The van der Waals surface area contributed by atoms with Gasteiger partial charge in [-0.2, -0.15) is 4.99 Å². The number of amidine groups is 1. The average molecular weight is 303 g/mol. The van der Waals surface area contributed by atoms with Gasteiger partial charge in [0.25, 0.3) is 0 Å². The van der Waals surface area contributed by atoms with Gasteiger partial charge in [0.1, 0.15) is 11.6 Å². The van der Waals surface area contributed by atoms with Gasteiger partial charge in [-0.3, -0.25) is 19.7 Å². The van der Waals surface area contributed by atoms with Crippen molar-refractivity contribution in [2.45, 2.75) is 13.0 Å². The van der Waals surface area contributed by atoms with Gasteiger partial charge in [0.2, 0.25) is 0 Å². The van der Waals surface area contributed by atoms with E-state index in [-0.39, 0.29) is 5.84 Å². The van der Waals surface area contributed by atoms with Crippen LogP contribution in [0.15, 0.2) is 35.3 Å². The summed E-state index contributed by atoms with van der Waals surface area (Å²) in [5.74, 6) is -1.49. The monoisotopic (exact) mass is 303 g/mol. The largest absolute Gasteiger partial charge is 0.493 e. The van der Waals surface area contributed by atoms with Crippen LogP contribution in [0.1, 0.15) is 12.5 Å². The zero-order valence-electron chi connectivity index (χ0n) is 11.7. The van der Waals surface area contributed by atoms with Crippen LogP contribution in [0, 0.1) is 10.1 Å². The Kier molecular flexibility index (Phi) is 4.62. The van der Waals surface area contributed by atoms with E-state index in [0.717, 1.165) is 5.56 Å². The van der Waals surface area contributed by atoms with Crippen molar-refractivity contribution in [2.24, 2.45) is 4.99 Å². The lowest BCUT2D eigenvalue weighted by Gasteiger charge is -2.12. The first-order valence-electron chi connectivity index (χ1n) is 6.49. The molecular formula is C14H13N3O5. The summed E-state index contributed by atoms with van der Waals surface area (Å²) in [4.78, 5) is 36.1. The molecule has 1 atom stereocenters. The fraction of sp³-hybridized carbons (Fsp3) is 0.214. The van der Waals surface area contributed by atoms with E-state index >= 15 is 0 Å². The summed E-state index contributed by atoms with van der Waals surface area (Å²) < 4.78 is 5.43. The SMILES string of the molecule is CCOc1ccccc1/C=C/C1=NC(=O)C([N+](=O)[O-])C(=O)N1. The first kappa shape index (κ1) is 15.4. The van der Waals surface area contributed by atoms with E-state index in [1.807, 2.05) is 13.0 Å². The molecule has 0 saturated carbocycles. The number of carbonyl (C=O) groups excluding carboxylic acids is 2. The second-order valence-electron chi connectivity index (χ2n) is 4.32. The summed E-state index contributed by atoms with van der Waals surface area (Å²) in [6.07, 6.45) is 2.99. The number of amides is 2. The molecule has 8 nitrogen and oxygen atoms in total. The number of hydrogen-bond acceptors (Lipinski definition) is 5. The maximum absolute atomic E-state index is 11.5. The summed E-state index contributed by atoms with van der Waals surface area (Å²) >= 11 is 0. The van der Waals surface area contributed by atoms with Crippen LogP contribution in [0.5, 0.6) is 5.75 Å². The van der Waals surface area contributed by atoms with Gasteiger partial charge in [-0.05, 0) is 25.1 Å². The minimum Gasteiger partial charge on any atom is -0.493 e. The van der Waals surface area contributed by atoms with Crippen molar-refractivity contribution >= 4 is 23.7 Å². The molecule has 1 aliphatic heterocycles. The number of hydrogen-bond donors (Lipinski definition) is 1. The van der Waals surface area contributed by atoms with E-state index in [1.165, 1.54) is 6.08 Å². The highest BCUT2D eigenvalue weighted by atomic mass is 16.6. The Balaban J connectivity index is 2.21. The number of nitrogens with one attached hydrogen (secondary N) is 1. The van der Waals surface area contributed by atoms with E-state index < -0.39 is 22.8 Å². The number of aliphatic imine (C=N–C) groups is 1. The third kappa shape index (κ3) is 3.35. The molecule has 2 rings (SSSR count). The molecule has 1 aromatic rings. The molecule has 0 fully saturated rings. The van der Waals surface area contributed by atoms with Crippen molar-refractivity contribution in [3.63, 3.8) is 0 Å². The molecule has 0 aromatic heterocycles. The topological polar surface area (TPSA) is 111 Å². The van der Waals surface area contributed by atoms with Gasteiger partial charge in [0.15, 0.2) is 0 Å². The maximum atomic E-state index is 11.5. The minimum atomic E-state index is -1.98. The molecule has 0 spiro atoms. The molecule has 8 heteroatoms. The number of nitro groups is 1. The van der Waals surface area contributed by atoms with E-state index in [4.69, 9.17) is 4.74 Å². The minimum absolute atomic E-state index is 0.0422. The molecule has 1 N–H and O–H groups in total. The number of nitrogens with zero attached hydrogens (tertiary/aromatic N) is 2. The van der Waals surface area contributed by atoms with Crippen LogP contribution in [-0.2, 0) is 9.59 Å². The molecule has 1 unspecified atom stereocenters. The Morgan fingerprint density at radius 2 is 2.09 bits per heavy atom. The van der Waals surface area contributed by atoms with Crippen LogP contribution in [0.25, 0.3) is 6.08 Å². The Bertz CT molecular complexity index is 681. The molecule has 2 amide bonds. The molecule has 0 radical (unpaired) electrons. The van der Waals surface area contributed by atoms with Gasteiger partial charge in [0.05, 0.1) is 6.61 Å². The molecule has 1 aliphatic rings. The smallest absolute Gasteiger partial charge is 0.368 e. The fourth-order valence-corrected chi connectivity index (χ4v) is 1.85. The summed E-state index contributed by atoms with van der Waals surface area (Å²) in [6.45, 7) is 2.34. The number of benzene rings is 1. The Morgan fingerprint density at radius 1 is 1.36 bits per heavy atom. The average Bonchev–Trinajstić information content (AvgIpc) is 2.45. The molecule has 1 heterocycles. The Labute approximate surface area is 125 Å². The fourth-order valence-electron chi connectivity index (χ4n) is 1.85. The van der Waals surface area contributed by atoms with Crippen molar-refractivity contribution < 1.29 is 19.2 Å². The number of para-hydroxylation sites is 1. The standard InChI is InChI=1S/C14H13N3O5/c1-2-22-10-6-4-3-5-9(10)7-8-11-15-13(18)12(17(20)21)14(19)16-11/h3-8,12H,2H2,1H3,(H,15,16,18,19)/b8-7+. The van der Waals surface area contributed by atoms with Crippen LogP contribution in [0.4, 0.5) is 0 Å². The predicted octanol–water partition coefficient (Wildman–Crippen LogP) is 0.799. The summed E-state index contributed by atoms with van der Waals surface area (Å²) in [5.41, 5.74) is 0.727. The van der Waals surface area contributed by atoms with Crippen LogP contribution >= 0.6 is 0 Å². The first-order chi connectivity index (χ1) is 10.5. The van der Waals surface area contributed by atoms with Gasteiger partial charge < -0.3 is 10.1 Å². The van der Waals surface area contributed by atoms with Crippen LogP contribution in [0.3, 0.4) is 0 Å². The third-order valence-corrected chi connectivity index (χ3v) is 2.81. The second-order valence-corrected chi connectivity index (χ2v) is 4.32. The maximum Gasteiger partial charge on any atom is 0.368 e. The van der Waals surface area contributed by atoms with Gasteiger partial charge in [-0.25, -0.2) is 0 Å². The molecule has 0 bridgehead atoms. The summed E-state index contributed by atoms with van der Waals surface area (Å²) in [5, 5.41) is 12.8. The molecule has 1 aromatic carbocycles. The first-order valence-corrected chi connectivity index (χ1v) is 6.49. The van der Waals surface area contributed by atoms with Crippen molar-refractivity contribution in [2.75, 3.05) is 6.61 Å². The van der Waals surface area contributed by atoms with E-state index in [9.17, 15) is 19.7 Å². The molecular weight excluding hydrogens is 290 g/mol. The van der Waals surface area contributed by atoms with Crippen molar-refractivity contribution in [1.29, 1.82) is 0 Å². The lowest BCUT2D eigenvalue weighted by molar-refractivity contribution is -0.493. The Morgan fingerprint density at radius 3 is 2.73 bits per heavy atom. The van der Waals surface area contributed by atoms with Crippen molar-refractivity contribution in [1.82, 2.24) is 5.32 Å². The number of carbonyl (C=O) groups is 2. The highest BCUT2D eigenvalue weighted by Crippen LogP contribution is 2.19. The molecule has 114 valence electrons. The van der Waals surface area contributed by atoms with Crippen LogP contribution in [0.2, 0.25) is 0 Å². The molecule has 22 heavy (non-hydrogen) atoms. The second kappa shape index (κ2) is 6.61. The number of ether oxygens (including phenoxy) is 1. The number of rotatable bonds is 5. The lowest BCUT2D eigenvalue weighted by atomic mass is 10.1. The van der Waals surface area contributed by atoms with Gasteiger partial charge >= 0.3 is 17.9 Å². The van der Waals surface area contributed by atoms with Gasteiger partial charge in [-0.15, -0.1) is 0 Å². The van der Waals surface area contributed by atoms with Gasteiger partial charge in [-0.1, -0.05) is 18.2 Å². The van der Waals surface area contributed by atoms with Crippen LogP contribution in [-0.4, -0.2) is 35.2 Å². The zero-order valence-corrected chi connectivity index (χ0v) is 11.7. The normalized spacial score (nSPS) is 18.0. The predicted molar refractivity (Wildman–Crippen MR) is 78.0 cm³/mol. The van der Waals surface area contributed by atoms with Crippen LogP contribution < -0.4 is 10.1 Å². The van der Waals surface area contributed by atoms with Crippen molar-refractivity contribution in [3.05, 3.63) is 46.0 Å². The lowest BCUT2D eigenvalue weighted by Crippen LogP contribution is -2.50. The van der Waals surface area contributed by atoms with Crippen molar-refractivity contribution in [3.8, 4) is 5.75 Å².